The van der Waals surface area contributed by atoms with Crippen LogP contribution in [0.5, 0.6) is 11.5 Å². The van der Waals surface area contributed by atoms with E-state index in [2.05, 4.69) is 6.07 Å². The van der Waals surface area contributed by atoms with Gasteiger partial charge in [0.15, 0.2) is 11.5 Å². The number of ether oxygens (including phenoxy) is 2. The lowest BCUT2D eigenvalue weighted by Crippen LogP contribution is -2.34. The molecule has 4 rings (SSSR count). The molecular formula is C22H24N2O4S2. The van der Waals surface area contributed by atoms with Gasteiger partial charge in [0, 0.05) is 22.5 Å². The van der Waals surface area contributed by atoms with Gasteiger partial charge in [0.05, 0.1) is 31.4 Å². The Morgan fingerprint density at radius 2 is 1.93 bits per heavy atom. The predicted molar refractivity (Wildman–Crippen MR) is 121 cm³/mol. The van der Waals surface area contributed by atoms with Crippen LogP contribution in [0.3, 0.4) is 0 Å². The second-order valence-corrected chi connectivity index (χ2v) is 10.0. The van der Waals surface area contributed by atoms with Gasteiger partial charge in [-0.1, -0.05) is 6.07 Å². The van der Waals surface area contributed by atoms with Crippen molar-refractivity contribution in [3.8, 4) is 33.3 Å². The Morgan fingerprint density at radius 1 is 1.17 bits per heavy atom. The fourth-order valence-corrected chi connectivity index (χ4v) is 5.97. The molecule has 0 unspecified atom stereocenters. The van der Waals surface area contributed by atoms with Crippen molar-refractivity contribution in [2.75, 3.05) is 24.3 Å². The Balaban J connectivity index is 1.65. The van der Waals surface area contributed by atoms with Gasteiger partial charge in [-0.2, -0.15) is 0 Å². The number of sulfonamides is 1. The zero-order valence-electron chi connectivity index (χ0n) is 17.4. The highest BCUT2D eigenvalue weighted by Gasteiger charge is 2.32. The molecule has 158 valence electrons. The number of fused-ring (bicyclic) bond motifs is 1. The molecule has 0 saturated carbocycles. The second-order valence-electron chi connectivity index (χ2n) is 7.29. The number of aromatic nitrogens is 1. The average Bonchev–Trinajstić information content (AvgIpc) is 3.31. The summed E-state index contributed by atoms with van der Waals surface area (Å²) < 4.78 is 36.8. The molecule has 2 aromatic carbocycles. The molecule has 0 bridgehead atoms. The van der Waals surface area contributed by atoms with Crippen molar-refractivity contribution in [1.29, 1.82) is 0 Å². The summed E-state index contributed by atoms with van der Waals surface area (Å²) in [4.78, 5) is 4.80. The monoisotopic (exact) mass is 444 g/mol. The van der Waals surface area contributed by atoms with Gasteiger partial charge >= 0.3 is 0 Å². The second kappa shape index (κ2) is 7.92. The molecule has 0 radical (unpaired) electrons. The van der Waals surface area contributed by atoms with Gasteiger partial charge in [-0.15, -0.1) is 11.3 Å². The van der Waals surface area contributed by atoms with E-state index in [9.17, 15) is 8.42 Å². The molecule has 0 aliphatic carbocycles. The molecule has 6 nitrogen and oxygen atoms in total. The van der Waals surface area contributed by atoms with Crippen LogP contribution in [0.1, 0.15) is 19.4 Å². The van der Waals surface area contributed by atoms with Crippen LogP contribution in [0.25, 0.3) is 21.8 Å². The van der Waals surface area contributed by atoms with Crippen LogP contribution >= 0.6 is 11.3 Å². The summed E-state index contributed by atoms with van der Waals surface area (Å²) in [5, 5.41) is 2.91. The normalized spacial score (nSPS) is 15.9. The largest absolute Gasteiger partial charge is 0.493 e. The maximum Gasteiger partial charge on any atom is 0.232 e. The first kappa shape index (κ1) is 20.7. The standard InChI is InChI=1S/C22H24N2O4S2/c1-5-28-20-9-7-16(12-21(20)27-3)22-23-18(13-29-22)15-6-8-19-17(11-15)10-14(2)24(19)30(4,25)26/h6-9,11-14H,5,10H2,1-4H3/t14-/m1/s1. The molecule has 0 amide bonds. The number of nitrogens with zero attached hydrogens (tertiary/aromatic N) is 2. The summed E-state index contributed by atoms with van der Waals surface area (Å²) in [5.41, 5.74) is 4.61. The third-order valence-corrected chi connectivity index (χ3v) is 7.26. The third-order valence-electron chi connectivity index (χ3n) is 5.10. The van der Waals surface area contributed by atoms with Crippen LogP contribution in [-0.2, 0) is 16.4 Å². The number of hydrogen-bond acceptors (Lipinski definition) is 6. The maximum absolute atomic E-state index is 12.1. The Hall–Kier alpha value is -2.58. The zero-order valence-corrected chi connectivity index (χ0v) is 19.0. The number of benzene rings is 2. The fourth-order valence-electron chi connectivity index (χ4n) is 3.88. The topological polar surface area (TPSA) is 68.7 Å². The Kier molecular flexibility index (Phi) is 5.46. The predicted octanol–water partition coefficient (Wildman–Crippen LogP) is 4.60. The minimum Gasteiger partial charge on any atom is -0.493 e. The lowest BCUT2D eigenvalue weighted by atomic mass is 10.1. The number of thiazole rings is 1. The minimum atomic E-state index is -3.29. The lowest BCUT2D eigenvalue weighted by molar-refractivity contribution is 0.311. The van der Waals surface area contributed by atoms with Crippen LogP contribution in [0.4, 0.5) is 5.69 Å². The summed E-state index contributed by atoms with van der Waals surface area (Å²) in [5.74, 6) is 1.39. The van der Waals surface area contributed by atoms with Crippen molar-refractivity contribution in [2.45, 2.75) is 26.3 Å². The molecule has 0 spiro atoms. The summed E-state index contributed by atoms with van der Waals surface area (Å²) in [6.07, 6.45) is 1.95. The highest BCUT2D eigenvalue weighted by molar-refractivity contribution is 7.92. The van der Waals surface area contributed by atoms with Crippen molar-refractivity contribution < 1.29 is 17.9 Å². The summed E-state index contributed by atoms with van der Waals surface area (Å²) in [6, 6.07) is 11.6. The first-order valence-corrected chi connectivity index (χ1v) is 12.4. The van der Waals surface area contributed by atoms with Gasteiger partial charge in [-0.3, -0.25) is 4.31 Å². The van der Waals surface area contributed by atoms with Gasteiger partial charge in [-0.05, 0) is 56.2 Å². The Bertz CT molecular complexity index is 1190. The molecule has 0 saturated heterocycles. The number of methoxy groups -OCH3 is 1. The van der Waals surface area contributed by atoms with E-state index in [0.717, 1.165) is 33.1 Å². The number of hydrogen-bond donors (Lipinski definition) is 0. The average molecular weight is 445 g/mol. The summed E-state index contributed by atoms with van der Waals surface area (Å²) in [6.45, 7) is 4.44. The molecule has 1 atom stereocenters. The van der Waals surface area contributed by atoms with E-state index in [0.29, 0.717) is 24.5 Å². The van der Waals surface area contributed by atoms with Crippen LogP contribution in [-0.4, -0.2) is 39.4 Å². The Labute approximate surface area is 181 Å². The molecular weight excluding hydrogens is 420 g/mol. The summed E-state index contributed by atoms with van der Waals surface area (Å²) >= 11 is 1.56. The van der Waals surface area contributed by atoms with E-state index in [1.165, 1.54) is 10.6 Å². The van der Waals surface area contributed by atoms with E-state index >= 15 is 0 Å². The molecule has 30 heavy (non-hydrogen) atoms. The van der Waals surface area contributed by atoms with Crippen LogP contribution in [0.15, 0.2) is 41.8 Å². The molecule has 8 heteroatoms. The molecule has 1 aliphatic heterocycles. The first-order valence-electron chi connectivity index (χ1n) is 9.71. The van der Waals surface area contributed by atoms with Crippen molar-refractivity contribution in [1.82, 2.24) is 4.98 Å². The number of anilines is 1. The van der Waals surface area contributed by atoms with Gasteiger partial charge in [0.25, 0.3) is 0 Å². The fraction of sp³-hybridized carbons (Fsp3) is 0.318. The smallest absolute Gasteiger partial charge is 0.232 e. The van der Waals surface area contributed by atoms with Gasteiger partial charge in [0.2, 0.25) is 10.0 Å². The van der Waals surface area contributed by atoms with Gasteiger partial charge in [0.1, 0.15) is 5.01 Å². The minimum absolute atomic E-state index is 0.0763. The number of rotatable bonds is 6. The van der Waals surface area contributed by atoms with Crippen molar-refractivity contribution in [3.05, 3.63) is 47.3 Å². The highest BCUT2D eigenvalue weighted by atomic mass is 32.2. The molecule has 0 fully saturated rings. The van der Waals surface area contributed by atoms with Crippen LogP contribution in [0, 0.1) is 0 Å². The highest BCUT2D eigenvalue weighted by Crippen LogP contribution is 2.39. The maximum atomic E-state index is 12.1. The van der Waals surface area contributed by atoms with E-state index in [4.69, 9.17) is 14.5 Å². The van der Waals surface area contributed by atoms with Crippen LogP contribution in [0.2, 0.25) is 0 Å². The van der Waals surface area contributed by atoms with Gasteiger partial charge in [-0.25, -0.2) is 13.4 Å². The first-order chi connectivity index (χ1) is 14.3. The van der Waals surface area contributed by atoms with Crippen molar-refractivity contribution >= 4 is 27.0 Å². The van der Waals surface area contributed by atoms with E-state index in [1.807, 2.05) is 49.6 Å². The van der Waals surface area contributed by atoms with Crippen LogP contribution < -0.4 is 13.8 Å². The van der Waals surface area contributed by atoms with Crippen molar-refractivity contribution in [2.24, 2.45) is 0 Å². The zero-order chi connectivity index (χ0) is 21.5. The SMILES string of the molecule is CCOc1ccc(-c2nc(-c3ccc4c(c3)C[C@@H](C)N4S(C)(=O)=O)cs2)cc1OC. The molecule has 3 aromatic rings. The summed E-state index contributed by atoms with van der Waals surface area (Å²) in [7, 11) is -1.67. The van der Waals surface area contributed by atoms with E-state index in [-0.39, 0.29) is 6.04 Å². The third kappa shape index (κ3) is 3.77. The van der Waals surface area contributed by atoms with E-state index in [1.54, 1.807) is 18.4 Å². The molecule has 2 heterocycles. The van der Waals surface area contributed by atoms with E-state index < -0.39 is 10.0 Å². The Morgan fingerprint density at radius 3 is 2.63 bits per heavy atom. The quantitative estimate of drug-likeness (QED) is 0.556. The molecule has 0 N–H and O–H groups in total. The molecule has 1 aliphatic rings. The molecule has 1 aromatic heterocycles. The lowest BCUT2D eigenvalue weighted by Gasteiger charge is -2.21. The van der Waals surface area contributed by atoms with Gasteiger partial charge < -0.3 is 9.47 Å². The van der Waals surface area contributed by atoms with Crippen molar-refractivity contribution in [3.63, 3.8) is 0 Å².